The number of nitrogens with two attached hydrogens (primary N) is 1. The Morgan fingerprint density at radius 2 is 2.00 bits per heavy atom. The monoisotopic (exact) mass is 266 g/mol. The van der Waals surface area contributed by atoms with Crippen molar-refractivity contribution in [3.63, 3.8) is 0 Å². The fourth-order valence-corrected chi connectivity index (χ4v) is 4.38. The van der Waals surface area contributed by atoms with Crippen molar-refractivity contribution in [1.82, 2.24) is 4.90 Å². The van der Waals surface area contributed by atoms with Gasteiger partial charge in [0.2, 0.25) is 0 Å². The highest BCUT2D eigenvalue weighted by atomic mass is 16.5. The second-order valence-corrected chi connectivity index (χ2v) is 7.65. The molecule has 2 atom stereocenters. The molecule has 1 saturated heterocycles. The van der Waals surface area contributed by atoms with Crippen molar-refractivity contribution in [2.24, 2.45) is 17.6 Å². The summed E-state index contributed by atoms with van der Waals surface area (Å²) in [5.74, 6) is 1.98. The molecule has 3 nitrogen and oxygen atoms in total. The Bertz CT molecular complexity index is 327. The van der Waals surface area contributed by atoms with Crippen LogP contribution in [0.5, 0.6) is 0 Å². The molecule has 19 heavy (non-hydrogen) atoms. The second-order valence-electron chi connectivity index (χ2n) is 7.65. The number of ether oxygens (including phenoxy) is 1. The van der Waals surface area contributed by atoms with Gasteiger partial charge in [-0.1, -0.05) is 12.8 Å². The number of rotatable bonds is 3. The molecule has 1 aliphatic heterocycles. The fraction of sp³-hybridized carbons (Fsp3) is 1.00. The normalized spacial score (nSPS) is 40.3. The summed E-state index contributed by atoms with van der Waals surface area (Å²) in [5.41, 5.74) is 6.52. The molecule has 0 bridgehead atoms. The first-order valence-electron chi connectivity index (χ1n) is 8.14. The van der Waals surface area contributed by atoms with E-state index in [1.54, 1.807) is 0 Å². The van der Waals surface area contributed by atoms with Crippen LogP contribution >= 0.6 is 0 Å². The fourth-order valence-electron chi connectivity index (χ4n) is 4.38. The van der Waals surface area contributed by atoms with Crippen LogP contribution < -0.4 is 5.73 Å². The Kier molecular flexibility index (Phi) is 3.65. The lowest BCUT2D eigenvalue weighted by Gasteiger charge is -2.52. The molecule has 0 spiro atoms. The number of nitrogens with zero attached hydrogens (tertiary/aromatic N) is 1. The summed E-state index contributed by atoms with van der Waals surface area (Å²) >= 11 is 0. The number of hydrogen-bond donors (Lipinski definition) is 1. The van der Waals surface area contributed by atoms with E-state index in [4.69, 9.17) is 10.5 Å². The number of hydrogen-bond acceptors (Lipinski definition) is 3. The maximum atomic E-state index is 6.26. The highest BCUT2D eigenvalue weighted by Crippen LogP contribution is 2.48. The molecule has 3 rings (SSSR count). The van der Waals surface area contributed by atoms with Crippen molar-refractivity contribution in [1.29, 1.82) is 0 Å². The molecule has 1 heterocycles. The standard InChI is InChI=1S/C16H30N2O/c1-15(2)12-18(8-9-19-15)16(11-17)7-3-4-14(10-16)13-5-6-13/h13-14H,3-12,17H2,1-2H3. The van der Waals surface area contributed by atoms with Crippen LogP contribution in [0.1, 0.15) is 52.4 Å². The predicted molar refractivity (Wildman–Crippen MR) is 78.1 cm³/mol. The summed E-state index contributed by atoms with van der Waals surface area (Å²) in [6.07, 6.45) is 8.39. The minimum absolute atomic E-state index is 0.00700. The minimum Gasteiger partial charge on any atom is -0.373 e. The Balaban J connectivity index is 1.73. The zero-order chi connectivity index (χ0) is 13.5. The first kappa shape index (κ1) is 13.8. The van der Waals surface area contributed by atoms with Crippen LogP contribution in [0.15, 0.2) is 0 Å². The van der Waals surface area contributed by atoms with Crippen molar-refractivity contribution >= 4 is 0 Å². The summed E-state index contributed by atoms with van der Waals surface area (Å²) in [4.78, 5) is 2.67. The van der Waals surface area contributed by atoms with Gasteiger partial charge in [0.1, 0.15) is 0 Å². The quantitative estimate of drug-likeness (QED) is 0.852. The smallest absolute Gasteiger partial charge is 0.0753 e. The van der Waals surface area contributed by atoms with E-state index >= 15 is 0 Å². The third-order valence-corrected chi connectivity index (χ3v) is 5.62. The van der Waals surface area contributed by atoms with Gasteiger partial charge in [-0.25, -0.2) is 0 Å². The maximum Gasteiger partial charge on any atom is 0.0753 e. The van der Waals surface area contributed by atoms with Gasteiger partial charge in [0.05, 0.1) is 12.2 Å². The van der Waals surface area contributed by atoms with Gasteiger partial charge in [0.25, 0.3) is 0 Å². The molecule has 110 valence electrons. The van der Waals surface area contributed by atoms with Crippen molar-refractivity contribution in [3.8, 4) is 0 Å². The molecule has 0 aromatic carbocycles. The molecule has 0 amide bonds. The summed E-state index contributed by atoms with van der Waals surface area (Å²) in [6.45, 7) is 8.23. The Hall–Kier alpha value is -0.120. The van der Waals surface area contributed by atoms with E-state index in [2.05, 4.69) is 18.7 Å². The minimum atomic E-state index is -0.00700. The molecular formula is C16H30N2O. The molecule has 2 aliphatic carbocycles. The van der Waals surface area contributed by atoms with Crippen LogP contribution in [0.2, 0.25) is 0 Å². The first-order valence-corrected chi connectivity index (χ1v) is 8.14. The van der Waals surface area contributed by atoms with Crippen LogP contribution in [0, 0.1) is 11.8 Å². The largest absolute Gasteiger partial charge is 0.373 e. The van der Waals surface area contributed by atoms with Crippen molar-refractivity contribution in [2.45, 2.75) is 63.5 Å². The van der Waals surface area contributed by atoms with Crippen molar-refractivity contribution in [3.05, 3.63) is 0 Å². The van der Waals surface area contributed by atoms with Crippen molar-refractivity contribution in [2.75, 3.05) is 26.2 Å². The summed E-state index contributed by atoms with van der Waals surface area (Å²) < 4.78 is 5.88. The van der Waals surface area contributed by atoms with Gasteiger partial charge < -0.3 is 10.5 Å². The van der Waals surface area contributed by atoms with Gasteiger partial charge in [-0.15, -0.1) is 0 Å². The van der Waals surface area contributed by atoms with E-state index in [9.17, 15) is 0 Å². The zero-order valence-corrected chi connectivity index (χ0v) is 12.7. The molecule has 2 N–H and O–H groups in total. The van der Waals surface area contributed by atoms with Gasteiger partial charge in [0.15, 0.2) is 0 Å². The Morgan fingerprint density at radius 1 is 1.21 bits per heavy atom. The summed E-state index contributed by atoms with van der Waals surface area (Å²) in [7, 11) is 0. The third kappa shape index (κ3) is 2.84. The van der Waals surface area contributed by atoms with Gasteiger partial charge in [-0.05, 0) is 51.4 Å². The lowest BCUT2D eigenvalue weighted by Crippen LogP contribution is -2.63. The molecule has 0 aromatic heterocycles. The van der Waals surface area contributed by atoms with Crippen LogP contribution in [0.25, 0.3) is 0 Å². The molecule has 3 fully saturated rings. The van der Waals surface area contributed by atoms with Crippen LogP contribution in [0.3, 0.4) is 0 Å². The Labute approximate surface area is 117 Å². The van der Waals surface area contributed by atoms with E-state index in [0.717, 1.165) is 38.1 Å². The Morgan fingerprint density at radius 3 is 2.63 bits per heavy atom. The average molecular weight is 266 g/mol. The van der Waals surface area contributed by atoms with Gasteiger partial charge in [0, 0.05) is 25.2 Å². The molecular weight excluding hydrogens is 236 g/mol. The van der Waals surface area contributed by atoms with Crippen molar-refractivity contribution < 1.29 is 4.74 Å². The highest BCUT2D eigenvalue weighted by molar-refractivity contribution is 5.01. The maximum absolute atomic E-state index is 6.26. The molecule has 3 aliphatic rings. The van der Waals surface area contributed by atoms with Crippen LogP contribution in [0.4, 0.5) is 0 Å². The lowest BCUT2D eigenvalue weighted by molar-refractivity contribution is -0.125. The van der Waals surface area contributed by atoms with E-state index < -0.39 is 0 Å². The second kappa shape index (κ2) is 5.01. The van der Waals surface area contributed by atoms with Gasteiger partial charge >= 0.3 is 0 Å². The van der Waals surface area contributed by atoms with Gasteiger partial charge in [-0.3, -0.25) is 4.90 Å². The molecule has 3 heteroatoms. The van der Waals surface area contributed by atoms with E-state index in [-0.39, 0.29) is 11.1 Å². The SMILES string of the molecule is CC1(C)CN(C2(CN)CCCC(C3CC3)C2)CCO1. The molecule has 2 saturated carbocycles. The molecule has 0 aromatic rings. The molecule has 2 unspecified atom stereocenters. The zero-order valence-electron chi connectivity index (χ0n) is 12.7. The van der Waals surface area contributed by atoms with E-state index in [0.29, 0.717) is 0 Å². The van der Waals surface area contributed by atoms with Gasteiger partial charge in [-0.2, -0.15) is 0 Å². The predicted octanol–water partition coefficient (Wildman–Crippen LogP) is 2.39. The number of morpholine rings is 1. The topological polar surface area (TPSA) is 38.5 Å². The summed E-state index contributed by atoms with van der Waals surface area (Å²) in [6, 6.07) is 0. The van der Waals surface area contributed by atoms with Crippen LogP contribution in [-0.2, 0) is 4.74 Å². The summed E-state index contributed by atoms with van der Waals surface area (Å²) in [5, 5.41) is 0. The lowest BCUT2D eigenvalue weighted by atomic mass is 9.72. The van der Waals surface area contributed by atoms with E-state index in [1.165, 1.54) is 38.5 Å². The molecule has 0 radical (unpaired) electrons. The third-order valence-electron chi connectivity index (χ3n) is 5.62. The average Bonchev–Trinajstić information content (AvgIpc) is 3.22. The first-order chi connectivity index (χ1) is 9.05. The van der Waals surface area contributed by atoms with E-state index in [1.807, 2.05) is 0 Å². The highest BCUT2D eigenvalue weighted by Gasteiger charge is 2.46. The van der Waals surface area contributed by atoms with Crippen LogP contribution in [-0.4, -0.2) is 42.3 Å².